The highest BCUT2D eigenvalue weighted by Gasteiger charge is 2.44. The Morgan fingerprint density at radius 1 is 1.06 bits per heavy atom. The number of amides is 1. The van der Waals surface area contributed by atoms with Crippen molar-refractivity contribution >= 4 is 38.9 Å². The molecule has 0 bridgehead atoms. The normalized spacial score (nSPS) is 20.9. The summed E-state index contributed by atoms with van der Waals surface area (Å²) in [5.41, 5.74) is 1.64. The highest BCUT2D eigenvalue weighted by atomic mass is 35.5. The Kier molecular flexibility index (Phi) is 7.60. The summed E-state index contributed by atoms with van der Waals surface area (Å²) in [6, 6.07) is 13.5. The van der Waals surface area contributed by atoms with Crippen LogP contribution in [0, 0.1) is 0 Å². The fraction of sp³-hybridized carbons (Fsp3) is 0.458. The first-order valence-electron chi connectivity index (χ1n) is 10.6. The number of hydrogen-bond donors (Lipinski definition) is 0. The zero-order valence-electron chi connectivity index (χ0n) is 18.7. The van der Waals surface area contributed by atoms with Gasteiger partial charge in [-0.1, -0.05) is 54.4 Å². The van der Waals surface area contributed by atoms with E-state index >= 15 is 0 Å². The van der Waals surface area contributed by atoms with E-state index in [0.29, 0.717) is 16.5 Å². The molecule has 2 aromatic rings. The second-order valence-electron chi connectivity index (χ2n) is 9.04. The van der Waals surface area contributed by atoms with Gasteiger partial charge in [0.15, 0.2) is 9.84 Å². The summed E-state index contributed by atoms with van der Waals surface area (Å²) in [6.07, 6.45) is -0.00750. The Labute approximate surface area is 200 Å². The predicted molar refractivity (Wildman–Crippen MR) is 129 cm³/mol. The minimum atomic E-state index is -3.46. The Balaban J connectivity index is 2.11. The quantitative estimate of drug-likeness (QED) is 0.518. The van der Waals surface area contributed by atoms with Gasteiger partial charge in [-0.15, -0.1) is 0 Å². The van der Waals surface area contributed by atoms with Crippen LogP contribution in [0.2, 0.25) is 10.0 Å². The van der Waals surface area contributed by atoms with Gasteiger partial charge < -0.3 is 9.64 Å². The van der Waals surface area contributed by atoms with Crippen LogP contribution in [0.25, 0.3) is 0 Å². The molecule has 0 spiro atoms. The summed E-state index contributed by atoms with van der Waals surface area (Å²) in [5, 5.41) is 1.14. The van der Waals surface area contributed by atoms with Gasteiger partial charge in [0.05, 0.1) is 16.5 Å². The van der Waals surface area contributed by atoms with E-state index in [9.17, 15) is 13.2 Å². The summed E-state index contributed by atoms with van der Waals surface area (Å²) in [7, 11) is -3.46. The molecule has 0 aliphatic carbocycles. The summed E-state index contributed by atoms with van der Waals surface area (Å²) >= 11 is 12.3. The third-order valence-electron chi connectivity index (χ3n) is 5.86. The van der Waals surface area contributed by atoms with Crippen LogP contribution in [0.5, 0.6) is 0 Å². The van der Waals surface area contributed by atoms with Gasteiger partial charge in [0, 0.05) is 16.1 Å². The number of ether oxygens (including phenoxy) is 1. The first-order chi connectivity index (χ1) is 14.9. The average molecular weight is 498 g/mol. The molecule has 5 nitrogen and oxygen atoms in total. The molecule has 1 unspecified atom stereocenters. The summed E-state index contributed by atoms with van der Waals surface area (Å²) < 4.78 is 31.2. The van der Waals surface area contributed by atoms with Crippen molar-refractivity contribution in [3.05, 3.63) is 69.7 Å². The Morgan fingerprint density at radius 2 is 1.72 bits per heavy atom. The first kappa shape index (κ1) is 25.0. The maximum absolute atomic E-state index is 13.2. The first-order valence-corrected chi connectivity index (χ1v) is 13.0. The van der Waals surface area contributed by atoms with E-state index in [4.69, 9.17) is 27.9 Å². The molecule has 1 amide bonds. The standard InChI is InChI=1S/C24H29Cl2NO4S/c1-5-20(15-32(29,30)24(2,3)4)27-21(28)14-31-23(17-7-6-8-19(26)13-17)22(27)16-9-11-18(25)12-10-16/h6-13,20,22-23H,5,14-15H2,1-4H3/t20?,22-,23-/m1/s1. The molecule has 1 aliphatic rings. The number of benzene rings is 2. The van der Waals surface area contributed by atoms with E-state index in [0.717, 1.165) is 11.1 Å². The Hall–Kier alpha value is -1.60. The number of rotatable bonds is 6. The number of carbonyl (C=O) groups is 1. The van der Waals surface area contributed by atoms with Gasteiger partial charge in [-0.2, -0.15) is 0 Å². The van der Waals surface area contributed by atoms with Crippen LogP contribution in [0.15, 0.2) is 48.5 Å². The fourth-order valence-electron chi connectivity index (χ4n) is 3.91. The third-order valence-corrected chi connectivity index (χ3v) is 9.04. The van der Waals surface area contributed by atoms with Gasteiger partial charge in [-0.3, -0.25) is 4.79 Å². The maximum Gasteiger partial charge on any atom is 0.249 e. The topological polar surface area (TPSA) is 63.7 Å². The van der Waals surface area contributed by atoms with Gasteiger partial charge in [0.2, 0.25) is 5.91 Å². The van der Waals surface area contributed by atoms with Crippen molar-refractivity contribution in [1.82, 2.24) is 4.90 Å². The molecule has 3 rings (SSSR count). The summed E-state index contributed by atoms with van der Waals surface area (Å²) in [4.78, 5) is 14.9. The number of sulfone groups is 1. The van der Waals surface area contributed by atoms with E-state index in [1.165, 1.54) is 0 Å². The predicted octanol–water partition coefficient (Wildman–Crippen LogP) is 5.63. The lowest BCUT2D eigenvalue weighted by atomic mass is 9.91. The van der Waals surface area contributed by atoms with Gasteiger partial charge in [0.1, 0.15) is 12.7 Å². The van der Waals surface area contributed by atoms with Crippen LogP contribution in [0.4, 0.5) is 0 Å². The second kappa shape index (κ2) is 9.72. The molecule has 3 atom stereocenters. The van der Waals surface area contributed by atoms with Crippen LogP contribution >= 0.6 is 23.2 Å². The number of carbonyl (C=O) groups excluding carboxylic acids is 1. The Morgan fingerprint density at radius 3 is 2.28 bits per heavy atom. The SMILES string of the molecule is CCC(CS(=O)(=O)C(C)(C)C)N1C(=O)CO[C@H](c2cccc(Cl)c2)[C@H]1c1ccc(Cl)cc1. The van der Waals surface area contributed by atoms with Crippen LogP contribution in [-0.2, 0) is 19.4 Å². The zero-order valence-corrected chi connectivity index (χ0v) is 21.0. The molecule has 1 aliphatic heterocycles. The second-order valence-corrected chi connectivity index (χ2v) is 12.7. The lowest BCUT2D eigenvalue weighted by Crippen LogP contribution is -2.53. The van der Waals surface area contributed by atoms with Crippen LogP contribution in [0.1, 0.15) is 57.4 Å². The molecule has 0 radical (unpaired) electrons. The van der Waals surface area contributed by atoms with E-state index in [-0.39, 0.29) is 18.3 Å². The maximum atomic E-state index is 13.2. The molecule has 1 fully saturated rings. The van der Waals surface area contributed by atoms with Crippen LogP contribution in [-0.4, -0.2) is 42.4 Å². The van der Waals surface area contributed by atoms with Crippen molar-refractivity contribution in [3.63, 3.8) is 0 Å². The largest absolute Gasteiger partial charge is 0.361 e. The van der Waals surface area contributed by atoms with Crippen molar-refractivity contribution in [1.29, 1.82) is 0 Å². The highest BCUT2D eigenvalue weighted by Crippen LogP contribution is 2.42. The molecule has 0 aromatic heterocycles. The van der Waals surface area contributed by atoms with E-state index < -0.39 is 32.8 Å². The highest BCUT2D eigenvalue weighted by molar-refractivity contribution is 7.92. The molecule has 0 saturated carbocycles. The molecule has 8 heteroatoms. The van der Waals surface area contributed by atoms with E-state index in [1.807, 2.05) is 37.3 Å². The lowest BCUT2D eigenvalue weighted by molar-refractivity contribution is -0.162. The molecule has 1 heterocycles. The summed E-state index contributed by atoms with van der Waals surface area (Å²) in [6.45, 7) is 6.82. The van der Waals surface area contributed by atoms with Crippen molar-refractivity contribution in [2.45, 2.75) is 57.1 Å². The van der Waals surface area contributed by atoms with E-state index in [2.05, 4.69) is 0 Å². The van der Waals surface area contributed by atoms with E-state index in [1.54, 1.807) is 43.9 Å². The third kappa shape index (κ3) is 5.30. The molecule has 32 heavy (non-hydrogen) atoms. The van der Waals surface area contributed by atoms with Gasteiger partial charge in [0.25, 0.3) is 0 Å². The molecule has 0 N–H and O–H groups in total. The average Bonchev–Trinajstić information content (AvgIpc) is 2.72. The lowest BCUT2D eigenvalue weighted by Gasteiger charge is -2.45. The number of hydrogen-bond acceptors (Lipinski definition) is 4. The van der Waals surface area contributed by atoms with Crippen molar-refractivity contribution in [2.24, 2.45) is 0 Å². The van der Waals surface area contributed by atoms with Gasteiger partial charge in [-0.05, 0) is 62.6 Å². The number of halogens is 2. The van der Waals surface area contributed by atoms with Gasteiger partial charge >= 0.3 is 0 Å². The monoisotopic (exact) mass is 497 g/mol. The number of morpholine rings is 1. The van der Waals surface area contributed by atoms with Crippen molar-refractivity contribution in [3.8, 4) is 0 Å². The van der Waals surface area contributed by atoms with Crippen molar-refractivity contribution in [2.75, 3.05) is 12.4 Å². The molecule has 174 valence electrons. The Bertz CT molecular complexity index is 1060. The van der Waals surface area contributed by atoms with Gasteiger partial charge in [-0.25, -0.2) is 8.42 Å². The fourth-order valence-corrected chi connectivity index (χ4v) is 5.64. The minimum Gasteiger partial charge on any atom is -0.361 e. The smallest absolute Gasteiger partial charge is 0.249 e. The molecular formula is C24H29Cl2NO4S. The number of nitrogens with zero attached hydrogens (tertiary/aromatic N) is 1. The zero-order chi connectivity index (χ0) is 23.7. The molecule has 1 saturated heterocycles. The summed E-state index contributed by atoms with van der Waals surface area (Å²) in [5.74, 6) is -0.357. The van der Waals surface area contributed by atoms with Crippen molar-refractivity contribution < 1.29 is 17.9 Å². The minimum absolute atomic E-state index is 0.120. The van der Waals surface area contributed by atoms with Crippen LogP contribution in [0.3, 0.4) is 0 Å². The molecule has 2 aromatic carbocycles. The molecular weight excluding hydrogens is 469 g/mol. The van der Waals surface area contributed by atoms with Crippen LogP contribution < -0.4 is 0 Å².